The van der Waals surface area contributed by atoms with Gasteiger partial charge in [0, 0.05) is 37.3 Å². The van der Waals surface area contributed by atoms with Crippen LogP contribution in [0.5, 0.6) is 0 Å². The summed E-state index contributed by atoms with van der Waals surface area (Å²) >= 11 is 1.71. The molecule has 116 valence electrons. The van der Waals surface area contributed by atoms with E-state index < -0.39 is 0 Å². The van der Waals surface area contributed by atoms with E-state index in [9.17, 15) is 0 Å². The normalized spacial score (nSPS) is 15.8. The van der Waals surface area contributed by atoms with Crippen LogP contribution >= 0.6 is 11.3 Å². The fourth-order valence-electron chi connectivity index (χ4n) is 2.51. The molecule has 0 aliphatic carbocycles. The maximum absolute atomic E-state index is 7.76. The van der Waals surface area contributed by atoms with Crippen molar-refractivity contribution in [3.05, 3.63) is 34.3 Å². The van der Waals surface area contributed by atoms with Gasteiger partial charge >= 0.3 is 0 Å². The Labute approximate surface area is 134 Å². The summed E-state index contributed by atoms with van der Waals surface area (Å²) in [5.74, 6) is 1.58. The average Bonchev–Trinajstić information content (AvgIpc) is 3.06. The minimum atomic E-state index is 0.720. The molecule has 0 aromatic carbocycles. The molecule has 2 aromatic rings. The van der Waals surface area contributed by atoms with Crippen LogP contribution in [0.15, 0.2) is 23.8 Å². The minimum Gasteiger partial charge on any atom is -0.364 e. The van der Waals surface area contributed by atoms with Crippen LogP contribution in [0.1, 0.15) is 10.4 Å². The number of nitrogens with one attached hydrogen (secondary N) is 2. The maximum atomic E-state index is 7.76. The summed E-state index contributed by atoms with van der Waals surface area (Å²) in [4.78, 5) is 14.5. The Hall–Kier alpha value is -1.99. The first kappa shape index (κ1) is 14.9. The Morgan fingerprint density at radius 2 is 2.14 bits per heavy atom. The average molecular weight is 316 g/mol. The maximum Gasteiger partial charge on any atom is 0.143 e. The molecule has 1 saturated heterocycles. The van der Waals surface area contributed by atoms with Crippen molar-refractivity contribution in [3.8, 4) is 0 Å². The molecule has 1 aliphatic rings. The van der Waals surface area contributed by atoms with Gasteiger partial charge in [0.1, 0.15) is 18.0 Å². The second-order valence-corrected chi connectivity index (χ2v) is 6.36. The van der Waals surface area contributed by atoms with Crippen LogP contribution in [0.25, 0.3) is 0 Å². The van der Waals surface area contributed by atoms with Gasteiger partial charge in [-0.1, -0.05) is 6.07 Å². The second-order valence-electron chi connectivity index (χ2n) is 5.33. The highest BCUT2D eigenvalue weighted by Crippen LogP contribution is 2.23. The molecule has 3 rings (SSSR count). The van der Waals surface area contributed by atoms with Gasteiger partial charge in [-0.25, -0.2) is 9.97 Å². The quantitative estimate of drug-likeness (QED) is 0.825. The molecule has 0 amide bonds. The Balaban J connectivity index is 1.79. The van der Waals surface area contributed by atoms with Crippen molar-refractivity contribution in [1.29, 1.82) is 5.41 Å². The number of hydrogen-bond acceptors (Lipinski definition) is 7. The van der Waals surface area contributed by atoms with Crippen LogP contribution in [0, 0.1) is 5.41 Å². The van der Waals surface area contributed by atoms with Gasteiger partial charge in [0.25, 0.3) is 0 Å². The predicted molar refractivity (Wildman–Crippen MR) is 91.3 cm³/mol. The van der Waals surface area contributed by atoms with Gasteiger partial charge in [0.2, 0.25) is 0 Å². The zero-order chi connectivity index (χ0) is 15.4. The van der Waals surface area contributed by atoms with Gasteiger partial charge in [0.15, 0.2) is 0 Å². The molecule has 0 atom stereocenters. The number of thiophene rings is 1. The predicted octanol–water partition coefficient (Wildman–Crippen LogP) is 1.90. The lowest BCUT2D eigenvalue weighted by Crippen LogP contribution is -2.45. The summed E-state index contributed by atoms with van der Waals surface area (Å²) in [6, 6.07) is 4.12. The lowest BCUT2D eigenvalue weighted by molar-refractivity contribution is 0.312. The van der Waals surface area contributed by atoms with Gasteiger partial charge in [0.05, 0.1) is 12.1 Å². The highest BCUT2D eigenvalue weighted by atomic mass is 32.1. The van der Waals surface area contributed by atoms with Crippen LogP contribution in [0.4, 0.5) is 11.6 Å². The fraction of sp³-hybridized carbons (Fsp3) is 0.400. The molecule has 0 saturated carbocycles. The fourth-order valence-corrected chi connectivity index (χ4v) is 3.16. The number of nitrogens with zero attached hydrogens (tertiary/aromatic N) is 4. The summed E-state index contributed by atoms with van der Waals surface area (Å²) in [5, 5.41) is 13.1. The van der Waals surface area contributed by atoms with Crippen LogP contribution in [-0.2, 0) is 6.54 Å². The number of piperazine rings is 1. The topological polar surface area (TPSA) is 68.1 Å². The van der Waals surface area contributed by atoms with E-state index in [-0.39, 0.29) is 0 Å². The first-order valence-corrected chi connectivity index (χ1v) is 8.21. The highest BCUT2D eigenvalue weighted by molar-refractivity contribution is 7.09. The molecule has 2 aromatic heterocycles. The molecule has 3 heterocycles. The van der Waals surface area contributed by atoms with Gasteiger partial charge in [-0.3, -0.25) is 0 Å². The number of hydrogen-bond donors (Lipinski definition) is 2. The largest absolute Gasteiger partial charge is 0.364 e. The third-order valence-corrected chi connectivity index (χ3v) is 4.70. The van der Waals surface area contributed by atoms with Gasteiger partial charge in [-0.2, -0.15) is 0 Å². The van der Waals surface area contributed by atoms with E-state index in [0.29, 0.717) is 0 Å². The third kappa shape index (κ3) is 3.26. The van der Waals surface area contributed by atoms with E-state index >= 15 is 0 Å². The molecule has 0 bridgehead atoms. The number of anilines is 2. The van der Waals surface area contributed by atoms with E-state index in [4.69, 9.17) is 5.41 Å². The first-order valence-electron chi connectivity index (χ1n) is 7.33. The van der Waals surface area contributed by atoms with Gasteiger partial charge in [-0.15, -0.1) is 11.3 Å². The summed E-state index contributed by atoms with van der Waals surface area (Å²) in [6.07, 6.45) is 2.93. The number of aromatic nitrogens is 2. The van der Waals surface area contributed by atoms with Gasteiger partial charge < -0.3 is 20.5 Å². The molecule has 0 spiro atoms. The lowest BCUT2D eigenvalue weighted by Gasteiger charge is -2.34. The molecular formula is C15H20N6S. The third-order valence-electron chi connectivity index (χ3n) is 3.82. The summed E-state index contributed by atoms with van der Waals surface area (Å²) in [7, 11) is 2.13. The number of likely N-dealkylation sites (N-methyl/N-ethyl adjacent to an activating group) is 1. The monoisotopic (exact) mass is 316 g/mol. The first-order chi connectivity index (χ1) is 10.8. The van der Waals surface area contributed by atoms with E-state index in [1.165, 1.54) is 11.1 Å². The van der Waals surface area contributed by atoms with Crippen LogP contribution in [0.3, 0.4) is 0 Å². The van der Waals surface area contributed by atoms with E-state index in [1.54, 1.807) is 17.7 Å². The zero-order valence-corrected chi connectivity index (χ0v) is 13.4. The van der Waals surface area contributed by atoms with Crippen LogP contribution < -0.4 is 10.2 Å². The Kier molecular flexibility index (Phi) is 4.65. The smallest absolute Gasteiger partial charge is 0.143 e. The van der Waals surface area contributed by atoms with Gasteiger partial charge in [-0.05, 0) is 18.5 Å². The molecule has 6 nitrogen and oxygen atoms in total. The molecular weight excluding hydrogens is 296 g/mol. The summed E-state index contributed by atoms with van der Waals surface area (Å²) < 4.78 is 0. The SMILES string of the molecule is CN1CCN(c2ncnc(NCc3cccs3)c2C=N)CC1. The Bertz CT molecular complexity index is 619. The van der Waals surface area contributed by atoms with Crippen molar-refractivity contribution < 1.29 is 0 Å². The Morgan fingerprint density at radius 1 is 1.32 bits per heavy atom. The molecule has 22 heavy (non-hydrogen) atoms. The number of rotatable bonds is 5. The van der Waals surface area contributed by atoms with Crippen molar-refractivity contribution in [2.45, 2.75) is 6.54 Å². The van der Waals surface area contributed by atoms with Crippen molar-refractivity contribution in [3.63, 3.8) is 0 Å². The molecule has 1 aliphatic heterocycles. The van der Waals surface area contributed by atoms with E-state index in [1.807, 2.05) is 6.07 Å². The lowest BCUT2D eigenvalue weighted by atomic mass is 10.2. The van der Waals surface area contributed by atoms with Crippen molar-refractivity contribution in [2.75, 3.05) is 43.4 Å². The standard InChI is InChI=1S/C15H20N6S/c1-20-4-6-21(7-5-20)15-13(9-16)14(18-11-19-15)17-10-12-3-2-8-22-12/h2-3,8-9,11,16H,4-7,10H2,1H3,(H,17,18,19). The molecule has 1 fully saturated rings. The second kappa shape index (κ2) is 6.85. The van der Waals surface area contributed by atoms with Crippen LogP contribution in [-0.4, -0.2) is 54.3 Å². The Morgan fingerprint density at radius 3 is 2.82 bits per heavy atom. The summed E-state index contributed by atoms with van der Waals surface area (Å²) in [6.45, 7) is 4.61. The van der Waals surface area contributed by atoms with E-state index in [2.05, 4.69) is 43.6 Å². The van der Waals surface area contributed by atoms with Crippen molar-refractivity contribution in [1.82, 2.24) is 14.9 Å². The summed E-state index contributed by atoms with van der Waals surface area (Å²) in [5.41, 5.74) is 0.767. The minimum absolute atomic E-state index is 0.720. The molecule has 7 heteroatoms. The van der Waals surface area contributed by atoms with Crippen LogP contribution in [0.2, 0.25) is 0 Å². The molecule has 0 unspecified atom stereocenters. The van der Waals surface area contributed by atoms with Crippen molar-refractivity contribution in [2.24, 2.45) is 0 Å². The zero-order valence-electron chi connectivity index (χ0n) is 12.6. The highest BCUT2D eigenvalue weighted by Gasteiger charge is 2.19. The van der Waals surface area contributed by atoms with Crippen molar-refractivity contribution >= 4 is 29.2 Å². The van der Waals surface area contributed by atoms with E-state index in [0.717, 1.165) is 49.9 Å². The molecule has 0 radical (unpaired) electrons. The molecule has 2 N–H and O–H groups in total.